The standard InChI is InChI=1S/C13H11N3O5/c1-7-9(13(18)19)3-2-4-10(7)15-12(17)11-5-8(6-14-11)16(20)21/h2-6,14H,1H3,(H,15,17)(H,18,19). The number of aromatic amines is 1. The number of carboxylic acids is 1. The van der Waals surface area contributed by atoms with E-state index in [-0.39, 0.29) is 16.9 Å². The molecule has 0 aliphatic rings. The van der Waals surface area contributed by atoms with Crippen molar-refractivity contribution in [3.8, 4) is 0 Å². The van der Waals surface area contributed by atoms with E-state index in [1.807, 2.05) is 0 Å². The van der Waals surface area contributed by atoms with Gasteiger partial charge in [-0.3, -0.25) is 14.9 Å². The van der Waals surface area contributed by atoms with Gasteiger partial charge in [-0.2, -0.15) is 0 Å². The highest BCUT2D eigenvalue weighted by Crippen LogP contribution is 2.20. The van der Waals surface area contributed by atoms with E-state index in [0.29, 0.717) is 11.3 Å². The number of anilines is 1. The highest BCUT2D eigenvalue weighted by molar-refractivity contribution is 6.04. The molecule has 8 nitrogen and oxygen atoms in total. The Morgan fingerprint density at radius 2 is 2.10 bits per heavy atom. The van der Waals surface area contributed by atoms with Crippen LogP contribution in [0.25, 0.3) is 0 Å². The van der Waals surface area contributed by atoms with Gasteiger partial charge in [0, 0.05) is 11.8 Å². The Balaban J connectivity index is 2.25. The summed E-state index contributed by atoms with van der Waals surface area (Å²) in [6.07, 6.45) is 1.11. The second kappa shape index (κ2) is 5.45. The minimum atomic E-state index is -1.10. The molecule has 1 aromatic carbocycles. The number of aromatic carboxylic acids is 1. The molecule has 0 saturated carbocycles. The third-order valence-corrected chi connectivity index (χ3v) is 2.94. The molecule has 2 aromatic rings. The Kier molecular flexibility index (Phi) is 3.70. The van der Waals surface area contributed by atoms with Crippen molar-refractivity contribution in [3.05, 3.63) is 57.4 Å². The van der Waals surface area contributed by atoms with Crippen LogP contribution in [0.15, 0.2) is 30.5 Å². The van der Waals surface area contributed by atoms with Gasteiger partial charge in [0.1, 0.15) is 5.69 Å². The monoisotopic (exact) mass is 289 g/mol. The van der Waals surface area contributed by atoms with Gasteiger partial charge in [-0.15, -0.1) is 0 Å². The Hall–Kier alpha value is -3.16. The van der Waals surface area contributed by atoms with Crippen LogP contribution in [0.5, 0.6) is 0 Å². The van der Waals surface area contributed by atoms with Crippen LogP contribution in [0.2, 0.25) is 0 Å². The predicted molar refractivity (Wildman–Crippen MR) is 73.5 cm³/mol. The number of amides is 1. The zero-order valence-corrected chi connectivity index (χ0v) is 10.9. The van der Waals surface area contributed by atoms with Crippen molar-refractivity contribution < 1.29 is 19.6 Å². The first kappa shape index (κ1) is 14.3. The molecule has 2 rings (SSSR count). The van der Waals surface area contributed by atoms with Crippen LogP contribution >= 0.6 is 0 Å². The molecule has 0 saturated heterocycles. The van der Waals surface area contributed by atoms with Gasteiger partial charge in [-0.05, 0) is 24.6 Å². The first-order valence-electron chi connectivity index (χ1n) is 5.87. The summed E-state index contributed by atoms with van der Waals surface area (Å²) >= 11 is 0. The minimum absolute atomic E-state index is 0.0156. The molecule has 0 aliphatic carbocycles. The first-order valence-corrected chi connectivity index (χ1v) is 5.87. The van der Waals surface area contributed by atoms with E-state index in [4.69, 9.17) is 5.11 Å². The van der Waals surface area contributed by atoms with E-state index in [0.717, 1.165) is 12.3 Å². The first-order chi connectivity index (χ1) is 9.90. The normalized spacial score (nSPS) is 10.1. The molecule has 0 fully saturated rings. The summed E-state index contributed by atoms with van der Waals surface area (Å²) in [5, 5.41) is 22.1. The molecular weight excluding hydrogens is 278 g/mol. The second-order valence-corrected chi connectivity index (χ2v) is 4.27. The summed E-state index contributed by atoms with van der Waals surface area (Å²) in [5.74, 6) is -1.69. The molecule has 1 amide bonds. The molecule has 0 atom stereocenters. The maximum Gasteiger partial charge on any atom is 0.336 e. The second-order valence-electron chi connectivity index (χ2n) is 4.27. The molecule has 0 bridgehead atoms. The van der Waals surface area contributed by atoms with Crippen molar-refractivity contribution in [3.63, 3.8) is 0 Å². The number of carbonyl (C=O) groups is 2. The lowest BCUT2D eigenvalue weighted by atomic mass is 10.1. The van der Waals surface area contributed by atoms with E-state index in [9.17, 15) is 19.7 Å². The van der Waals surface area contributed by atoms with E-state index < -0.39 is 16.8 Å². The quantitative estimate of drug-likeness (QED) is 0.587. The number of carbonyl (C=O) groups excluding carboxylic acids is 1. The summed E-state index contributed by atoms with van der Waals surface area (Å²) in [6.45, 7) is 1.57. The van der Waals surface area contributed by atoms with Crippen LogP contribution in [0.4, 0.5) is 11.4 Å². The van der Waals surface area contributed by atoms with Crippen molar-refractivity contribution in [1.29, 1.82) is 0 Å². The number of aromatic nitrogens is 1. The van der Waals surface area contributed by atoms with Crippen molar-refractivity contribution in [1.82, 2.24) is 4.98 Å². The number of H-pyrrole nitrogens is 1. The molecular formula is C13H11N3O5. The molecule has 1 heterocycles. The third kappa shape index (κ3) is 2.89. The predicted octanol–water partition coefficient (Wildman–Crippen LogP) is 2.18. The number of rotatable bonds is 4. The van der Waals surface area contributed by atoms with E-state index in [1.165, 1.54) is 12.1 Å². The van der Waals surface area contributed by atoms with Gasteiger partial charge in [0.15, 0.2) is 0 Å². The van der Waals surface area contributed by atoms with Crippen molar-refractivity contribution in [2.45, 2.75) is 6.92 Å². The van der Waals surface area contributed by atoms with E-state index in [2.05, 4.69) is 10.3 Å². The highest BCUT2D eigenvalue weighted by Gasteiger charge is 2.16. The van der Waals surface area contributed by atoms with Gasteiger partial charge in [0.05, 0.1) is 16.7 Å². The molecule has 21 heavy (non-hydrogen) atoms. The van der Waals surface area contributed by atoms with Crippen LogP contribution < -0.4 is 5.32 Å². The molecule has 3 N–H and O–H groups in total. The largest absolute Gasteiger partial charge is 0.478 e. The van der Waals surface area contributed by atoms with Gasteiger partial charge in [0.25, 0.3) is 11.6 Å². The van der Waals surface area contributed by atoms with Crippen LogP contribution in [0.3, 0.4) is 0 Å². The van der Waals surface area contributed by atoms with Crippen molar-refractivity contribution in [2.75, 3.05) is 5.32 Å². The topological polar surface area (TPSA) is 125 Å². The Morgan fingerprint density at radius 3 is 2.67 bits per heavy atom. The summed E-state index contributed by atoms with van der Waals surface area (Å²) in [4.78, 5) is 35.4. The smallest absolute Gasteiger partial charge is 0.336 e. The van der Waals surface area contributed by atoms with Crippen LogP contribution in [0.1, 0.15) is 26.4 Å². The molecule has 108 valence electrons. The van der Waals surface area contributed by atoms with Crippen LogP contribution in [-0.2, 0) is 0 Å². The van der Waals surface area contributed by atoms with Gasteiger partial charge < -0.3 is 15.4 Å². The lowest BCUT2D eigenvalue weighted by Crippen LogP contribution is -2.14. The Labute approximate surface area is 118 Å². The number of hydrogen-bond acceptors (Lipinski definition) is 4. The number of nitro groups is 1. The molecule has 0 spiro atoms. The fourth-order valence-corrected chi connectivity index (χ4v) is 1.81. The fraction of sp³-hybridized carbons (Fsp3) is 0.0769. The summed E-state index contributed by atoms with van der Waals surface area (Å²) < 4.78 is 0. The zero-order chi connectivity index (χ0) is 15.6. The molecule has 0 radical (unpaired) electrons. The van der Waals surface area contributed by atoms with Crippen molar-refractivity contribution >= 4 is 23.3 Å². The van der Waals surface area contributed by atoms with Crippen molar-refractivity contribution in [2.24, 2.45) is 0 Å². The Bertz CT molecular complexity index is 735. The Morgan fingerprint density at radius 1 is 1.38 bits per heavy atom. The number of hydrogen-bond donors (Lipinski definition) is 3. The molecule has 8 heteroatoms. The molecule has 0 aliphatic heterocycles. The lowest BCUT2D eigenvalue weighted by Gasteiger charge is -2.09. The van der Waals surface area contributed by atoms with Gasteiger partial charge >= 0.3 is 5.97 Å². The van der Waals surface area contributed by atoms with Gasteiger partial charge in [0.2, 0.25) is 0 Å². The number of nitrogens with one attached hydrogen (secondary N) is 2. The maximum absolute atomic E-state index is 12.0. The number of benzene rings is 1. The highest BCUT2D eigenvalue weighted by atomic mass is 16.6. The zero-order valence-electron chi connectivity index (χ0n) is 10.9. The summed E-state index contributed by atoms with van der Waals surface area (Å²) in [6, 6.07) is 5.58. The fourth-order valence-electron chi connectivity index (χ4n) is 1.81. The van der Waals surface area contributed by atoms with Gasteiger partial charge in [-0.1, -0.05) is 6.07 Å². The summed E-state index contributed by atoms with van der Waals surface area (Å²) in [5.41, 5.74) is 0.597. The summed E-state index contributed by atoms with van der Waals surface area (Å²) in [7, 11) is 0. The number of carboxylic acid groups (broad SMARTS) is 1. The van der Waals surface area contributed by atoms with Crippen LogP contribution in [0, 0.1) is 17.0 Å². The van der Waals surface area contributed by atoms with Gasteiger partial charge in [-0.25, -0.2) is 4.79 Å². The molecule has 1 aromatic heterocycles. The number of nitrogens with zero attached hydrogens (tertiary/aromatic N) is 1. The third-order valence-electron chi connectivity index (χ3n) is 2.94. The van der Waals surface area contributed by atoms with Crippen LogP contribution in [-0.4, -0.2) is 26.9 Å². The average Bonchev–Trinajstić information content (AvgIpc) is 2.90. The molecule has 0 unspecified atom stereocenters. The minimum Gasteiger partial charge on any atom is -0.478 e. The lowest BCUT2D eigenvalue weighted by molar-refractivity contribution is -0.384. The maximum atomic E-state index is 12.0. The van der Waals surface area contributed by atoms with E-state index in [1.54, 1.807) is 13.0 Å². The SMILES string of the molecule is Cc1c(NC(=O)c2cc([N+](=O)[O-])c[nH]2)cccc1C(=O)O. The van der Waals surface area contributed by atoms with E-state index >= 15 is 0 Å². The average molecular weight is 289 g/mol.